The highest BCUT2D eigenvalue weighted by atomic mass is 16.5. The van der Waals surface area contributed by atoms with Crippen molar-refractivity contribution >= 4 is 5.96 Å². The number of ether oxygens (including phenoxy) is 1. The van der Waals surface area contributed by atoms with Gasteiger partial charge in [0.2, 0.25) is 0 Å². The van der Waals surface area contributed by atoms with Crippen LogP contribution in [0.3, 0.4) is 0 Å². The smallest absolute Gasteiger partial charge is 0.191 e. The quantitative estimate of drug-likeness (QED) is 0.414. The van der Waals surface area contributed by atoms with Crippen LogP contribution < -0.4 is 15.4 Å². The van der Waals surface area contributed by atoms with E-state index in [1.165, 1.54) is 0 Å². The topological polar surface area (TPSA) is 74.3 Å². The summed E-state index contributed by atoms with van der Waals surface area (Å²) in [5.74, 6) is 1.56. The Morgan fingerprint density at radius 3 is 2.86 bits per heavy atom. The molecule has 1 heterocycles. The molecule has 116 valence electrons. The minimum absolute atomic E-state index is 0.490. The van der Waals surface area contributed by atoms with Crippen LogP contribution in [0.15, 0.2) is 54.2 Å². The van der Waals surface area contributed by atoms with Gasteiger partial charge in [0.25, 0.3) is 0 Å². The molecule has 0 fully saturated rings. The third-order valence-electron chi connectivity index (χ3n) is 3.00. The predicted octanol–water partition coefficient (Wildman–Crippen LogP) is 1.84. The maximum absolute atomic E-state index is 5.64. The first-order chi connectivity index (χ1) is 10.8. The van der Waals surface area contributed by atoms with E-state index in [4.69, 9.17) is 4.74 Å². The highest BCUT2D eigenvalue weighted by Crippen LogP contribution is 2.17. The van der Waals surface area contributed by atoms with Crippen molar-refractivity contribution in [3.63, 3.8) is 0 Å². The fourth-order valence-electron chi connectivity index (χ4n) is 1.90. The molecule has 3 N–H and O–H groups in total. The summed E-state index contributed by atoms with van der Waals surface area (Å²) in [4.78, 5) is 4.20. The summed E-state index contributed by atoms with van der Waals surface area (Å²) in [6.07, 6.45) is 3.45. The minimum atomic E-state index is 0.490. The standard InChI is InChI=1S/C16H21N5O/c1-3-10-22-15-7-5-4-6-13(15)11-18-16(17-2)19-12-14-8-9-20-21-14/h3-9H,1,10-12H2,2H3,(H,20,21)(H2,17,18,19). The number of hydrogen-bond donors (Lipinski definition) is 3. The molecule has 22 heavy (non-hydrogen) atoms. The molecule has 0 saturated carbocycles. The Bertz CT molecular complexity index is 607. The summed E-state index contributed by atoms with van der Waals surface area (Å²) in [5.41, 5.74) is 2.06. The van der Waals surface area contributed by atoms with Gasteiger partial charge in [-0.3, -0.25) is 10.1 Å². The minimum Gasteiger partial charge on any atom is -0.489 e. The number of aromatic nitrogens is 2. The lowest BCUT2D eigenvalue weighted by atomic mass is 10.2. The van der Waals surface area contributed by atoms with Crippen LogP contribution >= 0.6 is 0 Å². The van der Waals surface area contributed by atoms with Crippen molar-refractivity contribution in [2.24, 2.45) is 4.99 Å². The molecule has 1 aromatic carbocycles. The van der Waals surface area contributed by atoms with Crippen LogP contribution in [0.4, 0.5) is 0 Å². The van der Waals surface area contributed by atoms with E-state index in [1.54, 1.807) is 19.3 Å². The van der Waals surface area contributed by atoms with E-state index in [0.717, 1.165) is 17.0 Å². The summed E-state index contributed by atoms with van der Waals surface area (Å²) in [5, 5.41) is 13.3. The van der Waals surface area contributed by atoms with Crippen molar-refractivity contribution in [1.82, 2.24) is 20.8 Å². The van der Waals surface area contributed by atoms with Crippen molar-refractivity contribution in [3.8, 4) is 5.75 Å². The molecule has 6 nitrogen and oxygen atoms in total. The normalized spacial score (nSPS) is 11.0. The summed E-state index contributed by atoms with van der Waals surface area (Å²) in [7, 11) is 1.74. The molecule has 0 atom stereocenters. The van der Waals surface area contributed by atoms with E-state index in [2.05, 4.69) is 32.4 Å². The number of H-pyrrole nitrogens is 1. The van der Waals surface area contributed by atoms with Gasteiger partial charge in [0, 0.05) is 25.4 Å². The summed E-state index contributed by atoms with van der Waals surface area (Å²) in [6.45, 7) is 5.41. The van der Waals surface area contributed by atoms with Gasteiger partial charge in [0.05, 0.1) is 12.2 Å². The lowest BCUT2D eigenvalue weighted by Gasteiger charge is -2.14. The first kappa shape index (κ1) is 15.6. The van der Waals surface area contributed by atoms with Gasteiger partial charge in [-0.1, -0.05) is 30.9 Å². The molecule has 0 aliphatic carbocycles. The molecule has 0 radical (unpaired) electrons. The fourth-order valence-corrected chi connectivity index (χ4v) is 1.90. The zero-order chi connectivity index (χ0) is 15.6. The van der Waals surface area contributed by atoms with Crippen LogP contribution in [0, 0.1) is 0 Å². The van der Waals surface area contributed by atoms with Crippen LogP contribution in [-0.2, 0) is 13.1 Å². The molecule has 1 aromatic heterocycles. The zero-order valence-electron chi connectivity index (χ0n) is 12.7. The number of aliphatic imine (C=N–C) groups is 1. The van der Waals surface area contributed by atoms with Crippen LogP contribution in [0.25, 0.3) is 0 Å². The number of hydrogen-bond acceptors (Lipinski definition) is 3. The third kappa shape index (κ3) is 4.66. The number of rotatable bonds is 7. The van der Waals surface area contributed by atoms with E-state index < -0.39 is 0 Å². The molecule has 0 bridgehead atoms. The Hall–Kier alpha value is -2.76. The Morgan fingerprint density at radius 1 is 1.32 bits per heavy atom. The number of benzene rings is 1. The molecule has 0 aliphatic rings. The van der Waals surface area contributed by atoms with Crippen molar-refractivity contribution in [1.29, 1.82) is 0 Å². The number of para-hydroxylation sites is 1. The van der Waals surface area contributed by atoms with Gasteiger partial charge in [-0.05, 0) is 12.1 Å². The number of guanidine groups is 1. The molecule has 0 aliphatic heterocycles. The molecule has 0 amide bonds. The van der Waals surface area contributed by atoms with Crippen LogP contribution in [0.1, 0.15) is 11.3 Å². The maximum atomic E-state index is 5.64. The van der Waals surface area contributed by atoms with Crippen LogP contribution in [0.2, 0.25) is 0 Å². The molecular formula is C16H21N5O. The fraction of sp³-hybridized carbons (Fsp3) is 0.250. The molecule has 6 heteroatoms. The van der Waals surface area contributed by atoms with Gasteiger partial charge >= 0.3 is 0 Å². The SMILES string of the molecule is C=CCOc1ccccc1CNC(=NC)NCc1ccn[nH]1. The molecule has 0 spiro atoms. The highest BCUT2D eigenvalue weighted by Gasteiger charge is 2.04. The van der Waals surface area contributed by atoms with Crippen LogP contribution in [-0.4, -0.2) is 29.8 Å². The zero-order valence-corrected chi connectivity index (χ0v) is 12.7. The summed E-state index contributed by atoms with van der Waals surface area (Å²) < 4.78 is 5.64. The Balaban J connectivity index is 1.88. The van der Waals surface area contributed by atoms with E-state index in [9.17, 15) is 0 Å². The van der Waals surface area contributed by atoms with Crippen molar-refractivity contribution in [2.75, 3.05) is 13.7 Å². The van der Waals surface area contributed by atoms with E-state index in [0.29, 0.717) is 25.7 Å². The molecule has 2 aromatic rings. The van der Waals surface area contributed by atoms with Crippen molar-refractivity contribution < 1.29 is 4.74 Å². The Labute approximate surface area is 130 Å². The Kier molecular flexibility index (Phi) is 6.04. The predicted molar refractivity (Wildman–Crippen MR) is 87.8 cm³/mol. The summed E-state index contributed by atoms with van der Waals surface area (Å²) in [6, 6.07) is 9.82. The van der Waals surface area contributed by atoms with Crippen molar-refractivity contribution in [3.05, 3.63) is 60.4 Å². The number of nitrogens with zero attached hydrogens (tertiary/aromatic N) is 2. The van der Waals surface area contributed by atoms with Crippen molar-refractivity contribution in [2.45, 2.75) is 13.1 Å². The summed E-state index contributed by atoms with van der Waals surface area (Å²) >= 11 is 0. The second-order valence-corrected chi connectivity index (χ2v) is 4.57. The lowest BCUT2D eigenvalue weighted by molar-refractivity contribution is 0.358. The van der Waals surface area contributed by atoms with E-state index in [1.807, 2.05) is 30.3 Å². The first-order valence-corrected chi connectivity index (χ1v) is 7.08. The van der Waals surface area contributed by atoms with Gasteiger partial charge in [-0.25, -0.2) is 0 Å². The van der Waals surface area contributed by atoms with E-state index >= 15 is 0 Å². The van der Waals surface area contributed by atoms with Gasteiger partial charge in [0.15, 0.2) is 5.96 Å². The van der Waals surface area contributed by atoms with Gasteiger partial charge in [0.1, 0.15) is 12.4 Å². The van der Waals surface area contributed by atoms with Gasteiger partial charge in [-0.15, -0.1) is 0 Å². The number of aromatic amines is 1. The van der Waals surface area contributed by atoms with E-state index in [-0.39, 0.29) is 0 Å². The average molecular weight is 299 g/mol. The average Bonchev–Trinajstić information content (AvgIpc) is 3.07. The van der Waals surface area contributed by atoms with Gasteiger partial charge in [-0.2, -0.15) is 5.10 Å². The first-order valence-electron chi connectivity index (χ1n) is 7.08. The highest BCUT2D eigenvalue weighted by molar-refractivity contribution is 5.79. The molecule has 0 unspecified atom stereocenters. The third-order valence-corrected chi connectivity index (χ3v) is 3.00. The molecule has 0 saturated heterocycles. The maximum Gasteiger partial charge on any atom is 0.191 e. The van der Waals surface area contributed by atoms with Gasteiger partial charge < -0.3 is 15.4 Å². The molecule has 2 rings (SSSR count). The second kappa shape index (κ2) is 8.51. The largest absolute Gasteiger partial charge is 0.489 e. The lowest BCUT2D eigenvalue weighted by Crippen LogP contribution is -2.36. The monoisotopic (exact) mass is 299 g/mol. The van der Waals surface area contributed by atoms with Crippen LogP contribution in [0.5, 0.6) is 5.75 Å². The number of nitrogens with one attached hydrogen (secondary N) is 3. The Morgan fingerprint density at radius 2 is 2.14 bits per heavy atom. The second-order valence-electron chi connectivity index (χ2n) is 4.57. The molecular weight excluding hydrogens is 278 g/mol.